The van der Waals surface area contributed by atoms with E-state index in [1.54, 1.807) is 0 Å². The van der Waals surface area contributed by atoms with E-state index in [9.17, 15) is 13.6 Å². The van der Waals surface area contributed by atoms with Crippen LogP contribution in [0.4, 0.5) is 13.6 Å². The van der Waals surface area contributed by atoms with E-state index < -0.39 is 24.6 Å². The number of piperidine rings is 1. The molecule has 1 fully saturated rings. The number of carbonyl (C=O) groups excluding carboxylic acids is 1. The van der Waals surface area contributed by atoms with Gasteiger partial charge < -0.3 is 15.0 Å². The van der Waals surface area contributed by atoms with Gasteiger partial charge in [-0.1, -0.05) is 30.3 Å². The van der Waals surface area contributed by atoms with Gasteiger partial charge in [-0.05, 0) is 18.5 Å². The molecule has 1 aliphatic heterocycles. The second kappa shape index (κ2) is 6.17. The van der Waals surface area contributed by atoms with Crippen LogP contribution in [-0.2, 0) is 11.3 Å². The standard InChI is InChI=1S/C14H18F2N2O2/c1-18(12-7-8-17-10-14(12,15)16)13(19)20-9-11-5-3-2-4-6-11/h2-6,12,17H,7-10H2,1H3. The number of hydrogen-bond donors (Lipinski definition) is 1. The first kappa shape index (κ1) is 14.7. The highest BCUT2D eigenvalue weighted by Gasteiger charge is 2.45. The Kier molecular flexibility index (Phi) is 4.54. The van der Waals surface area contributed by atoms with Crippen molar-refractivity contribution in [1.29, 1.82) is 0 Å². The third kappa shape index (κ3) is 3.45. The molecular formula is C14H18F2N2O2. The van der Waals surface area contributed by atoms with Gasteiger partial charge in [0.15, 0.2) is 0 Å². The lowest BCUT2D eigenvalue weighted by Crippen LogP contribution is -2.57. The molecule has 1 atom stereocenters. The highest BCUT2D eigenvalue weighted by atomic mass is 19.3. The van der Waals surface area contributed by atoms with Crippen LogP contribution in [0.1, 0.15) is 12.0 Å². The van der Waals surface area contributed by atoms with E-state index in [1.807, 2.05) is 30.3 Å². The molecule has 0 saturated carbocycles. The van der Waals surface area contributed by atoms with Gasteiger partial charge >= 0.3 is 6.09 Å². The van der Waals surface area contributed by atoms with E-state index in [-0.39, 0.29) is 13.0 Å². The quantitative estimate of drug-likeness (QED) is 0.925. The van der Waals surface area contributed by atoms with Crippen LogP contribution in [0.25, 0.3) is 0 Å². The Bertz CT molecular complexity index is 454. The first-order valence-corrected chi connectivity index (χ1v) is 6.53. The van der Waals surface area contributed by atoms with Crippen molar-refractivity contribution in [2.45, 2.75) is 25.0 Å². The zero-order chi connectivity index (χ0) is 14.6. The van der Waals surface area contributed by atoms with Gasteiger partial charge in [-0.15, -0.1) is 0 Å². The van der Waals surface area contributed by atoms with Gasteiger partial charge in [0.05, 0.1) is 6.54 Å². The van der Waals surface area contributed by atoms with E-state index >= 15 is 0 Å². The van der Waals surface area contributed by atoms with E-state index in [1.165, 1.54) is 7.05 Å². The zero-order valence-corrected chi connectivity index (χ0v) is 11.3. The average molecular weight is 284 g/mol. The van der Waals surface area contributed by atoms with Crippen molar-refractivity contribution in [3.05, 3.63) is 35.9 Å². The summed E-state index contributed by atoms with van der Waals surface area (Å²) in [6.45, 7) is 0.144. The molecule has 0 radical (unpaired) electrons. The number of carbonyl (C=O) groups is 1. The summed E-state index contributed by atoms with van der Waals surface area (Å²) in [5, 5.41) is 2.63. The maximum Gasteiger partial charge on any atom is 0.410 e. The van der Waals surface area contributed by atoms with Crippen LogP contribution in [0.2, 0.25) is 0 Å². The maximum atomic E-state index is 13.7. The summed E-state index contributed by atoms with van der Waals surface area (Å²) < 4.78 is 32.5. The minimum atomic E-state index is -2.93. The Hall–Kier alpha value is -1.69. The average Bonchev–Trinajstić information content (AvgIpc) is 2.44. The lowest BCUT2D eigenvalue weighted by atomic mass is 10.0. The molecule has 6 heteroatoms. The summed E-state index contributed by atoms with van der Waals surface area (Å²) in [5.74, 6) is -2.93. The Morgan fingerprint density at radius 1 is 1.45 bits per heavy atom. The lowest BCUT2D eigenvalue weighted by molar-refractivity contribution is -0.0851. The van der Waals surface area contributed by atoms with Crippen molar-refractivity contribution in [3.63, 3.8) is 0 Å². The van der Waals surface area contributed by atoms with E-state index in [4.69, 9.17) is 4.74 Å². The molecule has 0 aromatic heterocycles. The fraction of sp³-hybridized carbons (Fsp3) is 0.500. The first-order chi connectivity index (χ1) is 9.50. The number of rotatable bonds is 3. The van der Waals surface area contributed by atoms with Crippen molar-refractivity contribution < 1.29 is 18.3 Å². The number of halogens is 2. The first-order valence-electron chi connectivity index (χ1n) is 6.53. The van der Waals surface area contributed by atoms with Crippen molar-refractivity contribution >= 4 is 6.09 Å². The molecule has 1 N–H and O–H groups in total. The van der Waals surface area contributed by atoms with Gasteiger partial charge in [0.1, 0.15) is 12.6 Å². The third-order valence-electron chi connectivity index (χ3n) is 3.40. The number of nitrogens with one attached hydrogen (secondary N) is 1. The van der Waals surface area contributed by atoms with Crippen LogP contribution >= 0.6 is 0 Å². The molecule has 1 aromatic rings. The van der Waals surface area contributed by atoms with Crippen molar-refractivity contribution in [1.82, 2.24) is 10.2 Å². The van der Waals surface area contributed by atoms with Crippen LogP contribution in [0, 0.1) is 0 Å². The van der Waals surface area contributed by atoms with Gasteiger partial charge in [0, 0.05) is 7.05 Å². The number of nitrogens with zero attached hydrogens (tertiary/aromatic N) is 1. The highest BCUT2D eigenvalue weighted by molar-refractivity contribution is 5.67. The number of ether oxygens (including phenoxy) is 1. The lowest BCUT2D eigenvalue weighted by Gasteiger charge is -2.37. The predicted octanol–water partition coefficient (Wildman–Crippen LogP) is 2.25. The number of benzene rings is 1. The van der Waals surface area contributed by atoms with Gasteiger partial charge in [-0.25, -0.2) is 13.6 Å². The van der Waals surface area contributed by atoms with Crippen molar-refractivity contribution in [3.8, 4) is 0 Å². The number of hydrogen-bond acceptors (Lipinski definition) is 3. The number of amides is 1. The van der Waals surface area contributed by atoms with Crippen LogP contribution in [0.3, 0.4) is 0 Å². The Labute approximate surface area is 116 Å². The monoisotopic (exact) mass is 284 g/mol. The second-order valence-corrected chi connectivity index (χ2v) is 4.89. The van der Waals surface area contributed by atoms with Crippen molar-refractivity contribution in [2.75, 3.05) is 20.1 Å². The van der Waals surface area contributed by atoms with Crippen LogP contribution in [0.5, 0.6) is 0 Å². The molecule has 2 rings (SSSR count). The summed E-state index contributed by atoms with van der Waals surface area (Å²) >= 11 is 0. The second-order valence-electron chi connectivity index (χ2n) is 4.89. The fourth-order valence-electron chi connectivity index (χ4n) is 2.25. The summed E-state index contributed by atoms with van der Waals surface area (Å²) in [6.07, 6.45) is -0.510. The molecule has 4 nitrogen and oxygen atoms in total. The fourth-order valence-corrected chi connectivity index (χ4v) is 2.25. The molecule has 0 aliphatic carbocycles. The minimum absolute atomic E-state index is 0.0839. The van der Waals surface area contributed by atoms with E-state index in [0.717, 1.165) is 10.5 Å². The van der Waals surface area contributed by atoms with Crippen LogP contribution < -0.4 is 5.32 Å². The molecule has 1 aromatic carbocycles. The van der Waals surface area contributed by atoms with Crippen molar-refractivity contribution in [2.24, 2.45) is 0 Å². The predicted molar refractivity (Wildman–Crippen MR) is 70.6 cm³/mol. The maximum absolute atomic E-state index is 13.7. The zero-order valence-electron chi connectivity index (χ0n) is 11.3. The Morgan fingerprint density at radius 2 is 2.15 bits per heavy atom. The molecule has 1 saturated heterocycles. The number of alkyl halides is 2. The van der Waals surface area contributed by atoms with E-state index in [2.05, 4.69) is 5.32 Å². The SMILES string of the molecule is CN(C(=O)OCc1ccccc1)C1CCNCC1(F)F. The summed E-state index contributed by atoms with van der Waals surface area (Å²) in [7, 11) is 1.36. The third-order valence-corrected chi connectivity index (χ3v) is 3.40. The summed E-state index contributed by atoms with van der Waals surface area (Å²) in [4.78, 5) is 12.9. The normalized spacial score (nSPS) is 21.2. The molecule has 0 bridgehead atoms. The van der Waals surface area contributed by atoms with Crippen LogP contribution in [-0.4, -0.2) is 43.1 Å². The molecule has 20 heavy (non-hydrogen) atoms. The molecule has 1 heterocycles. The topological polar surface area (TPSA) is 41.6 Å². The summed E-state index contributed by atoms with van der Waals surface area (Å²) in [5.41, 5.74) is 0.825. The van der Waals surface area contributed by atoms with Gasteiger partial charge in [-0.3, -0.25) is 0 Å². The smallest absolute Gasteiger partial charge is 0.410 e. The molecular weight excluding hydrogens is 266 g/mol. The molecule has 1 amide bonds. The summed E-state index contributed by atoms with van der Waals surface area (Å²) in [6, 6.07) is 8.01. The molecule has 0 spiro atoms. The van der Waals surface area contributed by atoms with E-state index in [0.29, 0.717) is 6.54 Å². The van der Waals surface area contributed by atoms with Gasteiger partial charge in [-0.2, -0.15) is 0 Å². The molecule has 1 aliphatic rings. The van der Waals surface area contributed by atoms with Crippen LogP contribution in [0.15, 0.2) is 30.3 Å². The Morgan fingerprint density at radius 3 is 2.80 bits per heavy atom. The largest absolute Gasteiger partial charge is 0.445 e. The highest BCUT2D eigenvalue weighted by Crippen LogP contribution is 2.27. The van der Waals surface area contributed by atoms with Gasteiger partial charge in [0.25, 0.3) is 5.92 Å². The molecule has 1 unspecified atom stereocenters. The van der Waals surface area contributed by atoms with Gasteiger partial charge in [0.2, 0.25) is 0 Å². The minimum Gasteiger partial charge on any atom is -0.445 e. The molecule has 110 valence electrons. The Balaban J connectivity index is 1.91.